The molecule has 0 saturated heterocycles. The topological polar surface area (TPSA) is 107 Å². The highest BCUT2D eigenvalue weighted by atomic mass is 19.4. The summed E-state index contributed by atoms with van der Waals surface area (Å²) in [5.74, 6) is -1.03. The van der Waals surface area contributed by atoms with Crippen molar-refractivity contribution in [3.8, 4) is 11.1 Å². The molecular formula is C22H15F3N4O3. The summed E-state index contributed by atoms with van der Waals surface area (Å²) in [6, 6.07) is 11.5. The predicted octanol–water partition coefficient (Wildman–Crippen LogP) is 5.59. The lowest BCUT2D eigenvalue weighted by atomic mass is 10.0. The second-order valence-corrected chi connectivity index (χ2v) is 6.86. The molecule has 0 aliphatic rings. The van der Waals surface area contributed by atoms with Crippen molar-refractivity contribution < 1.29 is 27.9 Å². The molecule has 0 unspecified atom stereocenters. The Balaban J connectivity index is 1.52. The number of aromatic amines is 1. The number of carboxylic acids is 1. The van der Waals surface area contributed by atoms with Crippen molar-refractivity contribution in [2.75, 3.05) is 10.6 Å². The lowest BCUT2D eigenvalue weighted by Gasteiger charge is -2.09. The Kier molecular flexibility index (Phi) is 5.27. The summed E-state index contributed by atoms with van der Waals surface area (Å²) in [4.78, 5) is 30.6. The van der Waals surface area contributed by atoms with Gasteiger partial charge in [-0.25, -0.2) is 14.6 Å². The molecule has 4 N–H and O–H groups in total. The molecule has 32 heavy (non-hydrogen) atoms. The van der Waals surface area contributed by atoms with Crippen LogP contribution >= 0.6 is 0 Å². The molecule has 0 bridgehead atoms. The zero-order valence-corrected chi connectivity index (χ0v) is 16.2. The minimum atomic E-state index is -4.45. The Morgan fingerprint density at radius 1 is 0.938 bits per heavy atom. The van der Waals surface area contributed by atoms with Crippen LogP contribution in [0.5, 0.6) is 0 Å². The van der Waals surface area contributed by atoms with Crippen molar-refractivity contribution >= 4 is 34.4 Å². The molecule has 4 aromatic rings. The largest absolute Gasteiger partial charge is 0.478 e. The number of fused-ring (bicyclic) bond motifs is 1. The molecule has 2 amide bonds. The Morgan fingerprint density at radius 3 is 2.25 bits per heavy atom. The minimum absolute atomic E-state index is 0.159. The number of H-pyrrole nitrogens is 1. The molecular weight excluding hydrogens is 425 g/mol. The van der Waals surface area contributed by atoms with E-state index in [1.165, 1.54) is 12.1 Å². The van der Waals surface area contributed by atoms with Gasteiger partial charge < -0.3 is 20.7 Å². The normalized spacial score (nSPS) is 11.3. The van der Waals surface area contributed by atoms with Crippen LogP contribution in [-0.2, 0) is 6.18 Å². The number of pyridine rings is 1. The van der Waals surface area contributed by atoms with Crippen LogP contribution in [0.3, 0.4) is 0 Å². The fraction of sp³-hybridized carbons (Fsp3) is 0.0455. The molecule has 0 aliphatic carbocycles. The van der Waals surface area contributed by atoms with Crippen LogP contribution in [0, 0.1) is 0 Å². The summed E-state index contributed by atoms with van der Waals surface area (Å²) in [7, 11) is 0. The summed E-state index contributed by atoms with van der Waals surface area (Å²) in [5.41, 5.74) is 1.93. The van der Waals surface area contributed by atoms with Gasteiger partial charge >= 0.3 is 18.2 Å². The number of aromatic carboxylic acids is 1. The molecule has 2 heterocycles. The van der Waals surface area contributed by atoms with E-state index in [0.717, 1.165) is 29.8 Å². The van der Waals surface area contributed by atoms with Crippen LogP contribution < -0.4 is 10.6 Å². The number of benzene rings is 2. The average molecular weight is 440 g/mol. The Bertz CT molecular complexity index is 1300. The Morgan fingerprint density at radius 2 is 1.62 bits per heavy atom. The summed E-state index contributed by atoms with van der Waals surface area (Å²) in [6.45, 7) is 0. The third-order valence-electron chi connectivity index (χ3n) is 4.71. The van der Waals surface area contributed by atoms with Crippen LogP contribution in [0.2, 0.25) is 0 Å². The third kappa shape index (κ3) is 4.38. The third-order valence-corrected chi connectivity index (χ3v) is 4.71. The van der Waals surface area contributed by atoms with Crippen molar-refractivity contribution in [3.63, 3.8) is 0 Å². The number of nitrogens with zero attached hydrogens (tertiary/aromatic N) is 1. The number of amides is 2. The number of halogens is 3. The van der Waals surface area contributed by atoms with Gasteiger partial charge in [-0.15, -0.1) is 0 Å². The van der Waals surface area contributed by atoms with E-state index in [1.54, 1.807) is 30.6 Å². The van der Waals surface area contributed by atoms with E-state index in [-0.39, 0.29) is 11.3 Å². The van der Waals surface area contributed by atoms with Gasteiger partial charge in [-0.3, -0.25) is 0 Å². The number of carbonyl (C=O) groups excluding carboxylic acids is 1. The second kappa shape index (κ2) is 8.06. The molecule has 162 valence electrons. The van der Waals surface area contributed by atoms with Gasteiger partial charge in [0.15, 0.2) is 0 Å². The van der Waals surface area contributed by atoms with Gasteiger partial charge in [0.05, 0.1) is 16.8 Å². The number of carbonyl (C=O) groups is 2. The number of rotatable bonds is 4. The van der Waals surface area contributed by atoms with E-state index < -0.39 is 23.7 Å². The number of alkyl halides is 3. The summed E-state index contributed by atoms with van der Waals surface area (Å²) in [5, 5.41) is 14.7. The van der Waals surface area contributed by atoms with E-state index in [9.17, 15) is 22.8 Å². The maximum atomic E-state index is 12.7. The van der Waals surface area contributed by atoms with E-state index in [2.05, 4.69) is 20.6 Å². The maximum Gasteiger partial charge on any atom is 0.416 e. The molecule has 0 fully saturated rings. The fourth-order valence-corrected chi connectivity index (χ4v) is 3.10. The summed E-state index contributed by atoms with van der Waals surface area (Å²) < 4.78 is 38.0. The predicted molar refractivity (Wildman–Crippen MR) is 113 cm³/mol. The SMILES string of the molecule is O=C(Nc1ccc(C(F)(F)F)cc1)Nc1c[nH]c2ncc(-c3ccc(C(=O)O)cc3)cc12. The number of aromatic nitrogens is 2. The zero-order chi connectivity index (χ0) is 22.9. The molecule has 4 rings (SSSR count). The van der Waals surface area contributed by atoms with Crippen LogP contribution in [0.1, 0.15) is 15.9 Å². The highest BCUT2D eigenvalue weighted by Gasteiger charge is 2.30. The number of urea groups is 1. The molecule has 0 radical (unpaired) electrons. The summed E-state index contributed by atoms with van der Waals surface area (Å²) >= 11 is 0. The van der Waals surface area contributed by atoms with Gasteiger partial charge in [0.2, 0.25) is 0 Å². The number of carboxylic acid groups (broad SMARTS) is 1. The van der Waals surface area contributed by atoms with E-state index in [1.807, 2.05) is 0 Å². The lowest BCUT2D eigenvalue weighted by Crippen LogP contribution is -2.19. The second-order valence-electron chi connectivity index (χ2n) is 6.86. The van der Waals surface area contributed by atoms with Crippen molar-refractivity contribution in [3.05, 3.63) is 78.1 Å². The van der Waals surface area contributed by atoms with E-state index >= 15 is 0 Å². The zero-order valence-electron chi connectivity index (χ0n) is 16.2. The molecule has 0 spiro atoms. The average Bonchev–Trinajstić information content (AvgIpc) is 3.15. The van der Waals surface area contributed by atoms with Gasteiger partial charge in [0, 0.05) is 29.0 Å². The van der Waals surface area contributed by atoms with Crippen molar-refractivity contribution in [2.24, 2.45) is 0 Å². The highest BCUT2D eigenvalue weighted by Crippen LogP contribution is 2.30. The van der Waals surface area contributed by atoms with Gasteiger partial charge in [-0.05, 0) is 48.0 Å². The summed E-state index contributed by atoms with van der Waals surface area (Å²) in [6.07, 6.45) is -1.30. The molecule has 7 nitrogen and oxygen atoms in total. The first-order chi connectivity index (χ1) is 15.2. The van der Waals surface area contributed by atoms with Crippen molar-refractivity contribution in [2.45, 2.75) is 6.18 Å². The van der Waals surface area contributed by atoms with Gasteiger partial charge in [-0.1, -0.05) is 12.1 Å². The molecule has 2 aromatic heterocycles. The number of hydrogen-bond donors (Lipinski definition) is 4. The quantitative estimate of drug-likeness (QED) is 0.332. The van der Waals surface area contributed by atoms with Crippen LogP contribution in [0.25, 0.3) is 22.2 Å². The van der Waals surface area contributed by atoms with E-state index in [0.29, 0.717) is 22.3 Å². The van der Waals surface area contributed by atoms with E-state index in [4.69, 9.17) is 5.11 Å². The van der Waals surface area contributed by atoms with Crippen LogP contribution in [-0.4, -0.2) is 27.1 Å². The first kappa shape index (κ1) is 20.9. The maximum absolute atomic E-state index is 12.7. The molecule has 0 aliphatic heterocycles. The Hall–Kier alpha value is -4.34. The lowest BCUT2D eigenvalue weighted by molar-refractivity contribution is -0.137. The Labute approximate surface area is 178 Å². The standard InChI is InChI=1S/C22H15F3N4O3/c23-22(24,25)15-5-7-16(8-6-15)28-21(32)29-18-11-27-19-17(18)9-14(10-26-19)12-1-3-13(4-2-12)20(30)31/h1-11H,(H,26,27)(H,30,31)(H2,28,29,32). The first-order valence-corrected chi connectivity index (χ1v) is 9.27. The smallest absolute Gasteiger partial charge is 0.416 e. The first-order valence-electron chi connectivity index (χ1n) is 9.27. The van der Waals surface area contributed by atoms with Gasteiger partial charge in [-0.2, -0.15) is 13.2 Å². The minimum Gasteiger partial charge on any atom is -0.478 e. The molecule has 2 aromatic carbocycles. The van der Waals surface area contributed by atoms with Crippen LogP contribution in [0.4, 0.5) is 29.3 Å². The molecule has 0 atom stereocenters. The van der Waals surface area contributed by atoms with Gasteiger partial charge in [0.1, 0.15) is 5.65 Å². The van der Waals surface area contributed by atoms with Crippen molar-refractivity contribution in [1.82, 2.24) is 9.97 Å². The monoisotopic (exact) mass is 440 g/mol. The highest BCUT2D eigenvalue weighted by molar-refractivity contribution is 6.06. The number of hydrogen-bond acceptors (Lipinski definition) is 3. The van der Waals surface area contributed by atoms with Gasteiger partial charge in [0.25, 0.3) is 0 Å². The fourth-order valence-electron chi connectivity index (χ4n) is 3.10. The molecule has 0 saturated carbocycles. The number of anilines is 2. The number of nitrogens with one attached hydrogen (secondary N) is 3. The van der Waals surface area contributed by atoms with Crippen LogP contribution in [0.15, 0.2) is 67.0 Å². The van der Waals surface area contributed by atoms with Crippen molar-refractivity contribution in [1.29, 1.82) is 0 Å². The molecule has 10 heteroatoms.